The molecular formula is C74H56N2. The minimum absolute atomic E-state index is 1.05. The lowest BCUT2D eigenvalue weighted by Crippen LogP contribution is -2.09. The van der Waals surface area contributed by atoms with Gasteiger partial charge in [-0.2, -0.15) is 0 Å². The molecule has 0 amide bonds. The Morgan fingerprint density at radius 2 is 0.737 bits per heavy atom. The van der Waals surface area contributed by atoms with Crippen molar-refractivity contribution in [1.82, 2.24) is 4.57 Å². The molecule has 1 aromatic heterocycles. The number of benzene rings is 12. The molecule has 0 atom stereocenters. The van der Waals surface area contributed by atoms with E-state index in [0.29, 0.717) is 0 Å². The van der Waals surface area contributed by atoms with Crippen LogP contribution in [0.2, 0.25) is 0 Å². The third-order valence-electron chi connectivity index (χ3n) is 14.6. The molecule has 0 saturated carbocycles. The first-order valence-electron chi connectivity index (χ1n) is 26.2. The molecule has 0 saturated heterocycles. The van der Waals surface area contributed by atoms with Gasteiger partial charge in [0.1, 0.15) is 0 Å². The van der Waals surface area contributed by atoms with E-state index in [1.165, 1.54) is 98.6 Å². The second-order valence-electron chi connectivity index (χ2n) is 19.3. The Kier molecular flexibility index (Phi) is 13.1. The van der Waals surface area contributed by atoms with Crippen molar-refractivity contribution < 1.29 is 0 Å². The van der Waals surface area contributed by atoms with Gasteiger partial charge < -0.3 is 9.47 Å². The van der Waals surface area contributed by atoms with Gasteiger partial charge in [-0.3, -0.25) is 0 Å². The SMILES string of the molecule is C=C(/C=C\C)/C=C\C.c1ccc2cc(-c3ccc(-n4c5ccccc5c5cc(-c6ccc(N(c7ccc(-c8cccc9ccccc89)cc7)c7ccc(-c8cccc9ccccc89)cc7)cc6)ccc54)cc3)ccc2c1. The summed E-state index contributed by atoms with van der Waals surface area (Å²) in [6.45, 7) is 7.72. The Labute approximate surface area is 445 Å². The van der Waals surface area contributed by atoms with E-state index in [2.05, 4.69) is 283 Å². The van der Waals surface area contributed by atoms with Gasteiger partial charge in [-0.25, -0.2) is 0 Å². The lowest BCUT2D eigenvalue weighted by molar-refractivity contribution is 1.18. The van der Waals surface area contributed by atoms with Gasteiger partial charge in [0.15, 0.2) is 0 Å². The average Bonchev–Trinajstić information content (AvgIpc) is 3.85. The first-order valence-corrected chi connectivity index (χ1v) is 26.2. The molecule has 76 heavy (non-hydrogen) atoms. The van der Waals surface area contributed by atoms with Crippen LogP contribution in [0.15, 0.2) is 303 Å². The van der Waals surface area contributed by atoms with E-state index in [9.17, 15) is 0 Å². The quantitative estimate of drug-likeness (QED) is 0.124. The Hall–Kier alpha value is -9.76. The number of aromatic nitrogens is 1. The maximum Gasteiger partial charge on any atom is 0.0541 e. The Bertz CT molecular complexity index is 4140. The minimum Gasteiger partial charge on any atom is -0.311 e. The summed E-state index contributed by atoms with van der Waals surface area (Å²) >= 11 is 0. The van der Waals surface area contributed by atoms with E-state index < -0.39 is 0 Å². The molecule has 0 bridgehead atoms. The van der Waals surface area contributed by atoms with Crippen molar-refractivity contribution in [3.63, 3.8) is 0 Å². The molecule has 2 heteroatoms. The summed E-state index contributed by atoms with van der Waals surface area (Å²) in [6.07, 6.45) is 7.89. The highest BCUT2D eigenvalue weighted by Crippen LogP contribution is 2.41. The molecule has 0 spiro atoms. The standard InChI is InChI=1S/C66H44N2.C8H12/c1-2-14-52-43-53(24-23-45(52)11-1)46-27-36-58(37-28-46)68-65-22-8-7-19-63(65)64-44-54(33-42-66(64)68)47-25-34-55(35-26-47)67(56-38-29-50(30-39-56)61-20-9-15-48-12-3-5-17-59(48)61)57-40-31-51(32-41-57)62-21-10-16-49-13-4-6-18-60(49)62;1-4-6-8(3)7-5-2/h1-44H;4-7H,3H2,1-2H3/b;6-4-,7-5-. The molecule has 2 nitrogen and oxygen atoms in total. The number of fused-ring (bicyclic) bond motifs is 6. The van der Waals surface area contributed by atoms with E-state index in [-0.39, 0.29) is 0 Å². The first kappa shape index (κ1) is 47.3. The summed E-state index contributed by atoms with van der Waals surface area (Å²) in [6, 6.07) is 97.4. The summed E-state index contributed by atoms with van der Waals surface area (Å²) < 4.78 is 2.40. The van der Waals surface area contributed by atoms with Gasteiger partial charge in [-0.1, -0.05) is 225 Å². The second kappa shape index (κ2) is 21.0. The third kappa shape index (κ3) is 9.30. The summed E-state index contributed by atoms with van der Waals surface area (Å²) in [5.41, 5.74) is 17.5. The van der Waals surface area contributed by atoms with E-state index in [1.807, 2.05) is 38.2 Å². The van der Waals surface area contributed by atoms with Crippen molar-refractivity contribution >= 4 is 71.2 Å². The van der Waals surface area contributed by atoms with E-state index in [1.54, 1.807) is 0 Å². The van der Waals surface area contributed by atoms with Crippen LogP contribution < -0.4 is 4.90 Å². The smallest absolute Gasteiger partial charge is 0.0541 e. The molecule has 0 N–H and O–H groups in total. The molecule has 1 heterocycles. The van der Waals surface area contributed by atoms with Crippen molar-refractivity contribution in [2.24, 2.45) is 0 Å². The monoisotopic (exact) mass is 972 g/mol. The van der Waals surface area contributed by atoms with Gasteiger partial charge in [0.25, 0.3) is 0 Å². The van der Waals surface area contributed by atoms with Crippen LogP contribution in [0.1, 0.15) is 13.8 Å². The summed E-state index contributed by atoms with van der Waals surface area (Å²) in [7, 11) is 0. The molecule has 0 aliphatic carbocycles. The number of hydrogen-bond acceptors (Lipinski definition) is 1. The fraction of sp³-hybridized carbons (Fsp3) is 0.0270. The normalized spacial score (nSPS) is 11.5. The number of rotatable bonds is 10. The Balaban J connectivity index is 0.000000676. The van der Waals surface area contributed by atoms with Crippen LogP contribution in [-0.2, 0) is 0 Å². The Morgan fingerprint density at radius 3 is 1.29 bits per heavy atom. The van der Waals surface area contributed by atoms with E-state index in [4.69, 9.17) is 0 Å². The lowest BCUT2D eigenvalue weighted by Gasteiger charge is -2.26. The van der Waals surface area contributed by atoms with Crippen molar-refractivity contribution in [2.75, 3.05) is 4.90 Å². The lowest BCUT2D eigenvalue weighted by atomic mass is 9.97. The van der Waals surface area contributed by atoms with Crippen LogP contribution in [0, 0.1) is 0 Å². The van der Waals surface area contributed by atoms with Crippen LogP contribution in [0.25, 0.3) is 104 Å². The van der Waals surface area contributed by atoms with E-state index in [0.717, 1.165) is 28.3 Å². The van der Waals surface area contributed by atoms with Crippen LogP contribution in [-0.4, -0.2) is 4.57 Å². The number of para-hydroxylation sites is 1. The predicted molar refractivity (Wildman–Crippen MR) is 328 cm³/mol. The molecule has 0 unspecified atom stereocenters. The third-order valence-corrected chi connectivity index (χ3v) is 14.6. The topological polar surface area (TPSA) is 8.17 Å². The predicted octanol–water partition coefficient (Wildman–Crippen LogP) is 21.1. The van der Waals surface area contributed by atoms with Gasteiger partial charge in [0.05, 0.1) is 11.0 Å². The zero-order valence-corrected chi connectivity index (χ0v) is 42.8. The molecule has 0 aliphatic rings. The van der Waals surface area contributed by atoms with Gasteiger partial charge in [0.2, 0.25) is 0 Å². The number of nitrogens with zero attached hydrogens (tertiary/aromatic N) is 2. The maximum atomic E-state index is 3.76. The van der Waals surface area contributed by atoms with Crippen LogP contribution in [0.3, 0.4) is 0 Å². The van der Waals surface area contributed by atoms with Crippen molar-refractivity contribution in [3.05, 3.63) is 303 Å². The highest BCUT2D eigenvalue weighted by atomic mass is 15.1. The molecule has 0 radical (unpaired) electrons. The minimum atomic E-state index is 1.05. The number of anilines is 3. The molecule has 12 aromatic carbocycles. The summed E-state index contributed by atoms with van der Waals surface area (Å²) in [5.74, 6) is 0. The maximum absolute atomic E-state index is 3.76. The van der Waals surface area contributed by atoms with Gasteiger partial charge in [-0.15, -0.1) is 0 Å². The summed E-state index contributed by atoms with van der Waals surface area (Å²) in [4.78, 5) is 2.37. The summed E-state index contributed by atoms with van der Waals surface area (Å²) in [5, 5.41) is 10.00. The second-order valence-corrected chi connectivity index (χ2v) is 19.3. The van der Waals surface area contributed by atoms with Crippen molar-refractivity contribution in [3.8, 4) is 50.2 Å². The highest BCUT2D eigenvalue weighted by Gasteiger charge is 2.17. The van der Waals surface area contributed by atoms with E-state index >= 15 is 0 Å². The Morgan fingerprint density at radius 1 is 0.329 bits per heavy atom. The van der Waals surface area contributed by atoms with Gasteiger partial charge in [-0.05, 0) is 169 Å². The van der Waals surface area contributed by atoms with Gasteiger partial charge >= 0.3 is 0 Å². The fourth-order valence-corrected chi connectivity index (χ4v) is 10.9. The average molecular weight is 973 g/mol. The molecule has 13 rings (SSSR count). The largest absolute Gasteiger partial charge is 0.311 e. The van der Waals surface area contributed by atoms with Crippen LogP contribution in [0.4, 0.5) is 17.1 Å². The fourth-order valence-electron chi connectivity index (χ4n) is 10.9. The molecular weight excluding hydrogens is 917 g/mol. The highest BCUT2D eigenvalue weighted by molar-refractivity contribution is 6.10. The molecule has 0 aliphatic heterocycles. The van der Waals surface area contributed by atoms with Crippen LogP contribution in [0.5, 0.6) is 0 Å². The first-order chi connectivity index (χ1) is 37.5. The number of allylic oxidation sites excluding steroid dienone is 5. The van der Waals surface area contributed by atoms with Crippen LogP contribution >= 0.6 is 0 Å². The van der Waals surface area contributed by atoms with Crippen molar-refractivity contribution in [1.29, 1.82) is 0 Å². The molecule has 362 valence electrons. The molecule has 0 fully saturated rings. The zero-order valence-electron chi connectivity index (χ0n) is 42.8. The number of hydrogen-bond donors (Lipinski definition) is 0. The van der Waals surface area contributed by atoms with Crippen molar-refractivity contribution in [2.45, 2.75) is 13.8 Å². The zero-order chi connectivity index (χ0) is 51.4. The molecule has 13 aromatic rings. The van der Waals surface area contributed by atoms with Gasteiger partial charge in [0, 0.05) is 33.5 Å².